The van der Waals surface area contributed by atoms with Gasteiger partial charge in [-0.25, -0.2) is 12.8 Å². The zero-order chi connectivity index (χ0) is 17.9. The van der Waals surface area contributed by atoms with Crippen LogP contribution in [0.1, 0.15) is 24.0 Å². The summed E-state index contributed by atoms with van der Waals surface area (Å²) in [4.78, 5) is 12.2. The maximum absolute atomic E-state index is 13.8. The van der Waals surface area contributed by atoms with Gasteiger partial charge in [-0.15, -0.1) is 0 Å². The molecule has 0 bridgehead atoms. The van der Waals surface area contributed by atoms with Crippen molar-refractivity contribution in [3.63, 3.8) is 0 Å². The second-order valence-corrected chi connectivity index (χ2v) is 8.09. The summed E-state index contributed by atoms with van der Waals surface area (Å²) in [6.07, 6.45) is 1.25. The summed E-state index contributed by atoms with van der Waals surface area (Å²) in [7, 11) is -3.75. The molecule has 0 spiro atoms. The molecule has 1 aliphatic rings. The zero-order valence-corrected chi connectivity index (χ0v) is 14.8. The van der Waals surface area contributed by atoms with Crippen LogP contribution in [-0.2, 0) is 14.8 Å². The lowest BCUT2D eigenvalue weighted by Gasteiger charge is -2.31. The van der Waals surface area contributed by atoms with Gasteiger partial charge in [0.05, 0.1) is 10.8 Å². The molecule has 24 heavy (non-hydrogen) atoms. The predicted octanol–water partition coefficient (Wildman–Crippen LogP) is 0.918. The number of carbonyl (C=O) groups is 1. The fourth-order valence-electron chi connectivity index (χ4n) is 2.92. The lowest BCUT2D eigenvalue weighted by atomic mass is 9.99. The Morgan fingerprint density at radius 3 is 2.58 bits per heavy atom. The third-order valence-electron chi connectivity index (χ3n) is 4.25. The minimum atomic E-state index is -3.75. The quantitative estimate of drug-likeness (QED) is 0.819. The van der Waals surface area contributed by atoms with E-state index < -0.39 is 15.8 Å². The van der Waals surface area contributed by atoms with Crippen LogP contribution in [0.25, 0.3) is 0 Å². The molecule has 1 atom stereocenters. The fourth-order valence-corrected chi connectivity index (χ4v) is 4.61. The van der Waals surface area contributed by atoms with Gasteiger partial charge in [-0.2, -0.15) is 4.31 Å². The van der Waals surface area contributed by atoms with E-state index in [0.717, 1.165) is 0 Å². The Bertz CT molecular complexity index is 698. The average molecular weight is 357 g/mol. The van der Waals surface area contributed by atoms with Gasteiger partial charge in [0.25, 0.3) is 0 Å². The van der Waals surface area contributed by atoms with Crippen LogP contribution in [0.15, 0.2) is 17.0 Å². The van der Waals surface area contributed by atoms with E-state index >= 15 is 0 Å². The maximum Gasteiger partial charge on any atom is 0.243 e. The molecule has 1 aromatic rings. The molecule has 1 heterocycles. The average Bonchev–Trinajstić information content (AvgIpc) is 2.57. The first-order chi connectivity index (χ1) is 11.3. The monoisotopic (exact) mass is 357 g/mol. The minimum absolute atomic E-state index is 0.0712. The summed E-state index contributed by atoms with van der Waals surface area (Å²) in [6.45, 7) is 4.29. The Hall–Kier alpha value is -1.51. The highest BCUT2D eigenvalue weighted by atomic mass is 32.2. The summed E-state index contributed by atoms with van der Waals surface area (Å²) >= 11 is 0. The third kappa shape index (κ3) is 3.93. The molecule has 1 aliphatic heterocycles. The minimum Gasteiger partial charge on any atom is -0.355 e. The van der Waals surface area contributed by atoms with Crippen molar-refractivity contribution >= 4 is 15.9 Å². The largest absolute Gasteiger partial charge is 0.355 e. The number of nitrogens with zero attached hydrogens (tertiary/aromatic N) is 1. The molecular weight excluding hydrogens is 333 g/mol. The van der Waals surface area contributed by atoms with E-state index in [0.29, 0.717) is 43.6 Å². The molecule has 8 heteroatoms. The molecule has 0 aromatic heterocycles. The zero-order valence-electron chi connectivity index (χ0n) is 14.0. The standard InChI is InChI=1S/C16H24FN3O3S/c1-11-8-14(9-12(2)15(11)17)24(22,23)20-7-3-4-13(10-20)16(21)19-6-5-18/h8-9,13H,3-7,10,18H2,1-2H3,(H,19,21). The topological polar surface area (TPSA) is 92.5 Å². The molecule has 1 aromatic carbocycles. The molecule has 1 fully saturated rings. The number of sulfonamides is 1. The number of nitrogens with one attached hydrogen (secondary N) is 1. The molecule has 3 N–H and O–H groups in total. The Kier molecular flexibility index (Phi) is 5.95. The Morgan fingerprint density at radius 1 is 1.38 bits per heavy atom. The van der Waals surface area contributed by atoms with Gasteiger partial charge in [-0.3, -0.25) is 4.79 Å². The Morgan fingerprint density at radius 2 is 2.00 bits per heavy atom. The SMILES string of the molecule is Cc1cc(S(=O)(=O)N2CCCC(C(=O)NCCN)C2)cc(C)c1F. The van der Waals surface area contributed by atoms with Crippen LogP contribution in [0.3, 0.4) is 0 Å². The number of piperidine rings is 1. The number of hydrogen-bond donors (Lipinski definition) is 2. The third-order valence-corrected chi connectivity index (χ3v) is 6.09. The van der Waals surface area contributed by atoms with Crippen molar-refractivity contribution in [3.8, 4) is 0 Å². The summed E-state index contributed by atoms with van der Waals surface area (Å²) in [5.74, 6) is -0.957. The lowest BCUT2D eigenvalue weighted by Crippen LogP contribution is -2.46. The molecule has 0 saturated carbocycles. The molecule has 0 aliphatic carbocycles. The van der Waals surface area contributed by atoms with Crippen LogP contribution in [0, 0.1) is 25.6 Å². The predicted molar refractivity (Wildman–Crippen MR) is 89.4 cm³/mol. The van der Waals surface area contributed by atoms with E-state index in [1.807, 2.05) is 0 Å². The van der Waals surface area contributed by atoms with Crippen LogP contribution >= 0.6 is 0 Å². The number of amides is 1. The van der Waals surface area contributed by atoms with Gasteiger partial charge in [-0.1, -0.05) is 0 Å². The fraction of sp³-hybridized carbons (Fsp3) is 0.562. The van der Waals surface area contributed by atoms with Gasteiger partial charge >= 0.3 is 0 Å². The van der Waals surface area contributed by atoms with Crippen molar-refractivity contribution in [1.82, 2.24) is 9.62 Å². The van der Waals surface area contributed by atoms with Gasteiger partial charge in [0.15, 0.2) is 0 Å². The highest BCUT2D eigenvalue weighted by Crippen LogP contribution is 2.26. The molecular formula is C16H24FN3O3S. The highest BCUT2D eigenvalue weighted by molar-refractivity contribution is 7.89. The summed E-state index contributed by atoms with van der Waals surface area (Å²) in [6, 6.07) is 2.69. The first-order valence-corrected chi connectivity index (χ1v) is 9.46. The van der Waals surface area contributed by atoms with Crippen molar-refractivity contribution < 1.29 is 17.6 Å². The van der Waals surface area contributed by atoms with Crippen LogP contribution < -0.4 is 11.1 Å². The van der Waals surface area contributed by atoms with Crippen LogP contribution in [-0.4, -0.2) is 44.8 Å². The van der Waals surface area contributed by atoms with E-state index in [-0.39, 0.29) is 23.3 Å². The van der Waals surface area contributed by atoms with Gasteiger partial charge in [0, 0.05) is 26.2 Å². The van der Waals surface area contributed by atoms with E-state index in [1.165, 1.54) is 16.4 Å². The molecule has 0 radical (unpaired) electrons. The highest BCUT2D eigenvalue weighted by Gasteiger charge is 2.33. The van der Waals surface area contributed by atoms with Gasteiger partial charge in [-0.05, 0) is 49.9 Å². The molecule has 6 nitrogen and oxygen atoms in total. The van der Waals surface area contributed by atoms with E-state index in [1.54, 1.807) is 13.8 Å². The second-order valence-electron chi connectivity index (χ2n) is 6.15. The molecule has 1 saturated heterocycles. The van der Waals surface area contributed by atoms with Crippen molar-refractivity contribution in [1.29, 1.82) is 0 Å². The number of hydrogen-bond acceptors (Lipinski definition) is 4. The number of rotatable bonds is 5. The van der Waals surface area contributed by atoms with Crippen LogP contribution in [0.4, 0.5) is 4.39 Å². The van der Waals surface area contributed by atoms with Crippen LogP contribution in [0.2, 0.25) is 0 Å². The maximum atomic E-state index is 13.8. The normalized spacial score (nSPS) is 19.2. The van der Waals surface area contributed by atoms with Crippen molar-refractivity contribution in [3.05, 3.63) is 29.1 Å². The first kappa shape index (κ1) is 18.8. The smallest absolute Gasteiger partial charge is 0.243 e. The van der Waals surface area contributed by atoms with Crippen molar-refractivity contribution in [2.45, 2.75) is 31.6 Å². The van der Waals surface area contributed by atoms with Crippen molar-refractivity contribution in [2.24, 2.45) is 11.7 Å². The van der Waals surface area contributed by atoms with E-state index in [2.05, 4.69) is 5.32 Å². The molecule has 1 unspecified atom stereocenters. The number of nitrogens with two attached hydrogens (primary N) is 1. The second kappa shape index (κ2) is 7.58. The molecule has 134 valence electrons. The number of carbonyl (C=O) groups excluding carboxylic acids is 1. The molecule has 1 amide bonds. The van der Waals surface area contributed by atoms with E-state index in [9.17, 15) is 17.6 Å². The van der Waals surface area contributed by atoms with Crippen LogP contribution in [0.5, 0.6) is 0 Å². The van der Waals surface area contributed by atoms with Gasteiger partial charge in [0.1, 0.15) is 5.82 Å². The Balaban J connectivity index is 2.21. The summed E-state index contributed by atoms with van der Waals surface area (Å²) in [5.41, 5.74) is 5.96. The summed E-state index contributed by atoms with van der Waals surface area (Å²) in [5, 5.41) is 2.70. The number of halogens is 1. The number of benzene rings is 1. The van der Waals surface area contributed by atoms with Gasteiger partial charge < -0.3 is 11.1 Å². The lowest BCUT2D eigenvalue weighted by molar-refractivity contribution is -0.126. The van der Waals surface area contributed by atoms with E-state index in [4.69, 9.17) is 5.73 Å². The summed E-state index contributed by atoms with van der Waals surface area (Å²) < 4.78 is 40.7. The molecule has 2 rings (SSSR count). The van der Waals surface area contributed by atoms with Crippen molar-refractivity contribution in [2.75, 3.05) is 26.2 Å². The first-order valence-electron chi connectivity index (χ1n) is 8.02. The number of aryl methyl sites for hydroxylation is 2. The Labute approximate surface area is 142 Å². The van der Waals surface area contributed by atoms with Gasteiger partial charge in [0.2, 0.25) is 15.9 Å².